The van der Waals surface area contributed by atoms with E-state index < -0.39 is 5.54 Å². The first-order chi connectivity index (χ1) is 8.38. The van der Waals surface area contributed by atoms with E-state index in [1.165, 1.54) is 7.11 Å². The predicted molar refractivity (Wildman–Crippen MR) is 73.5 cm³/mol. The van der Waals surface area contributed by atoms with Crippen LogP contribution in [0.3, 0.4) is 0 Å². The summed E-state index contributed by atoms with van der Waals surface area (Å²) in [6.07, 6.45) is 1.56. The van der Waals surface area contributed by atoms with E-state index in [1.54, 1.807) is 7.11 Å². The highest BCUT2D eigenvalue weighted by molar-refractivity contribution is 5.80. The largest absolute Gasteiger partial charge is 0.468 e. The molecule has 0 amide bonds. The van der Waals surface area contributed by atoms with Crippen LogP contribution in [0.1, 0.15) is 40.5 Å². The molecule has 0 aliphatic carbocycles. The van der Waals surface area contributed by atoms with Crippen LogP contribution >= 0.6 is 0 Å². The normalized spacial score (nSPS) is 12.2. The van der Waals surface area contributed by atoms with Crippen LogP contribution in [0.2, 0.25) is 0 Å². The summed E-state index contributed by atoms with van der Waals surface area (Å²) in [6, 6.07) is 0. The molecule has 0 fully saturated rings. The Hall–Kier alpha value is -0.610. The maximum Gasteiger partial charge on any atom is 0.326 e. The molecule has 0 rings (SSSR count). The molecule has 0 aliphatic rings. The Bertz CT molecular complexity index is 229. The van der Waals surface area contributed by atoms with E-state index in [1.807, 2.05) is 0 Å². The molecule has 4 heteroatoms. The number of nitrogens with one attached hydrogen (secondary N) is 1. The fourth-order valence-corrected chi connectivity index (χ4v) is 2.45. The second kappa shape index (κ2) is 8.48. The molecule has 0 bridgehead atoms. The van der Waals surface area contributed by atoms with Crippen LogP contribution in [0.15, 0.2) is 0 Å². The summed E-state index contributed by atoms with van der Waals surface area (Å²) in [5.41, 5.74) is -0.588. The van der Waals surface area contributed by atoms with E-state index in [0.29, 0.717) is 25.0 Å². The molecule has 1 N–H and O–H groups in total. The summed E-state index contributed by atoms with van der Waals surface area (Å²) in [5.74, 6) is 0.691. The van der Waals surface area contributed by atoms with Gasteiger partial charge in [-0.2, -0.15) is 0 Å². The molecule has 0 unspecified atom stereocenters. The second-order valence-electron chi connectivity index (χ2n) is 5.69. The molecule has 0 aliphatic heterocycles. The van der Waals surface area contributed by atoms with Gasteiger partial charge in [-0.3, -0.25) is 10.1 Å². The first-order valence-corrected chi connectivity index (χ1v) is 6.70. The lowest BCUT2D eigenvalue weighted by molar-refractivity contribution is -0.150. The summed E-state index contributed by atoms with van der Waals surface area (Å²) in [4.78, 5) is 12.2. The minimum Gasteiger partial charge on any atom is -0.468 e. The third-order valence-electron chi connectivity index (χ3n) is 2.86. The maximum absolute atomic E-state index is 12.2. The topological polar surface area (TPSA) is 47.6 Å². The van der Waals surface area contributed by atoms with Crippen LogP contribution in [-0.4, -0.2) is 38.9 Å². The van der Waals surface area contributed by atoms with Gasteiger partial charge in [-0.25, -0.2) is 0 Å². The fourth-order valence-electron chi connectivity index (χ4n) is 2.45. The number of methoxy groups -OCH3 is 2. The molecule has 0 saturated heterocycles. The molecule has 4 nitrogen and oxygen atoms in total. The smallest absolute Gasteiger partial charge is 0.326 e. The molecular formula is C14H29NO3. The van der Waals surface area contributed by atoms with Gasteiger partial charge in [0.15, 0.2) is 0 Å². The quantitative estimate of drug-likeness (QED) is 0.509. The van der Waals surface area contributed by atoms with Gasteiger partial charge in [0.1, 0.15) is 5.54 Å². The van der Waals surface area contributed by atoms with Crippen molar-refractivity contribution >= 4 is 5.97 Å². The molecule has 0 atom stereocenters. The molecule has 0 aromatic carbocycles. The van der Waals surface area contributed by atoms with E-state index in [0.717, 1.165) is 12.8 Å². The Morgan fingerprint density at radius 2 is 1.61 bits per heavy atom. The van der Waals surface area contributed by atoms with Crippen LogP contribution < -0.4 is 5.32 Å². The standard InChI is InChI=1S/C14H29NO3/c1-11(2)9-14(10-12(3)4,13(16)18-6)15-7-8-17-5/h11-12,15H,7-10H2,1-6H3. The lowest BCUT2D eigenvalue weighted by Gasteiger charge is -2.35. The van der Waals surface area contributed by atoms with E-state index in [9.17, 15) is 4.79 Å². The van der Waals surface area contributed by atoms with Crippen molar-refractivity contribution in [1.82, 2.24) is 5.32 Å². The second-order valence-corrected chi connectivity index (χ2v) is 5.69. The Morgan fingerprint density at radius 3 is 1.94 bits per heavy atom. The predicted octanol–water partition coefficient (Wildman–Crippen LogP) is 2.23. The number of ether oxygens (including phenoxy) is 2. The molecule has 0 aromatic rings. The van der Waals surface area contributed by atoms with Crippen molar-refractivity contribution in [2.24, 2.45) is 11.8 Å². The van der Waals surface area contributed by atoms with E-state index >= 15 is 0 Å². The van der Waals surface area contributed by atoms with Crippen molar-refractivity contribution in [3.63, 3.8) is 0 Å². The third-order valence-corrected chi connectivity index (χ3v) is 2.86. The zero-order chi connectivity index (χ0) is 14.2. The fraction of sp³-hybridized carbons (Fsp3) is 0.929. The molecular weight excluding hydrogens is 230 g/mol. The van der Waals surface area contributed by atoms with Gasteiger partial charge in [0, 0.05) is 13.7 Å². The number of carbonyl (C=O) groups excluding carboxylic acids is 1. The zero-order valence-electron chi connectivity index (χ0n) is 12.7. The van der Waals surface area contributed by atoms with Gasteiger partial charge in [0.25, 0.3) is 0 Å². The van der Waals surface area contributed by atoms with Gasteiger partial charge in [0.2, 0.25) is 0 Å². The van der Waals surface area contributed by atoms with Gasteiger partial charge in [-0.05, 0) is 24.7 Å². The molecule has 18 heavy (non-hydrogen) atoms. The van der Waals surface area contributed by atoms with Crippen LogP contribution in [0, 0.1) is 11.8 Å². The van der Waals surface area contributed by atoms with Gasteiger partial charge < -0.3 is 9.47 Å². The van der Waals surface area contributed by atoms with Crippen molar-refractivity contribution in [1.29, 1.82) is 0 Å². The SMILES string of the molecule is COCCNC(CC(C)C)(CC(C)C)C(=O)OC. The number of hydrogen-bond donors (Lipinski definition) is 1. The lowest BCUT2D eigenvalue weighted by atomic mass is 9.81. The van der Waals surface area contributed by atoms with Gasteiger partial charge in [-0.15, -0.1) is 0 Å². The highest BCUT2D eigenvalue weighted by Crippen LogP contribution is 2.26. The summed E-state index contributed by atoms with van der Waals surface area (Å²) < 4.78 is 10.1. The third kappa shape index (κ3) is 5.83. The molecule has 0 radical (unpaired) electrons. The van der Waals surface area contributed by atoms with Gasteiger partial charge in [0.05, 0.1) is 13.7 Å². The van der Waals surface area contributed by atoms with E-state index in [2.05, 4.69) is 33.0 Å². The van der Waals surface area contributed by atoms with E-state index in [-0.39, 0.29) is 5.97 Å². The molecule has 0 heterocycles. The Labute approximate surface area is 111 Å². The maximum atomic E-state index is 12.2. The number of hydrogen-bond acceptors (Lipinski definition) is 4. The van der Waals surface area contributed by atoms with Gasteiger partial charge >= 0.3 is 5.97 Å². The van der Waals surface area contributed by atoms with Crippen molar-refractivity contribution in [2.75, 3.05) is 27.4 Å². The summed E-state index contributed by atoms with van der Waals surface area (Å²) in [7, 11) is 3.11. The van der Waals surface area contributed by atoms with Crippen molar-refractivity contribution in [3.8, 4) is 0 Å². The molecule has 0 spiro atoms. The average molecular weight is 259 g/mol. The highest BCUT2D eigenvalue weighted by atomic mass is 16.5. The zero-order valence-corrected chi connectivity index (χ0v) is 12.7. The van der Waals surface area contributed by atoms with Crippen molar-refractivity contribution in [3.05, 3.63) is 0 Å². The molecule has 108 valence electrons. The summed E-state index contributed by atoms with van der Waals surface area (Å²) in [6.45, 7) is 9.73. The van der Waals surface area contributed by atoms with Crippen LogP contribution in [0.4, 0.5) is 0 Å². The molecule has 0 aromatic heterocycles. The monoisotopic (exact) mass is 259 g/mol. The first-order valence-electron chi connectivity index (χ1n) is 6.70. The van der Waals surface area contributed by atoms with Crippen molar-refractivity contribution in [2.45, 2.75) is 46.1 Å². The minimum atomic E-state index is -0.588. The summed E-state index contributed by atoms with van der Waals surface area (Å²) in [5, 5.41) is 3.35. The number of carbonyl (C=O) groups is 1. The average Bonchev–Trinajstić information content (AvgIpc) is 2.26. The van der Waals surface area contributed by atoms with Crippen molar-refractivity contribution < 1.29 is 14.3 Å². The molecule has 0 saturated carbocycles. The Morgan fingerprint density at radius 1 is 1.11 bits per heavy atom. The highest BCUT2D eigenvalue weighted by Gasteiger charge is 2.39. The van der Waals surface area contributed by atoms with Crippen LogP contribution in [0.5, 0.6) is 0 Å². The number of esters is 1. The number of rotatable bonds is 9. The Balaban J connectivity index is 4.92. The van der Waals surface area contributed by atoms with Crippen LogP contribution in [0.25, 0.3) is 0 Å². The van der Waals surface area contributed by atoms with Gasteiger partial charge in [-0.1, -0.05) is 27.7 Å². The lowest BCUT2D eigenvalue weighted by Crippen LogP contribution is -2.55. The first kappa shape index (κ1) is 17.4. The minimum absolute atomic E-state index is 0.166. The van der Waals surface area contributed by atoms with E-state index in [4.69, 9.17) is 9.47 Å². The van der Waals surface area contributed by atoms with Crippen LogP contribution in [-0.2, 0) is 14.3 Å². The Kier molecular flexibility index (Phi) is 8.20. The summed E-state index contributed by atoms with van der Waals surface area (Å²) >= 11 is 0.